The number of aromatic nitrogens is 1. The van der Waals surface area contributed by atoms with Crippen molar-refractivity contribution in [2.75, 3.05) is 24.6 Å². The molecule has 0 aromatic carbocycles. The highest BCUT2D eigenvalue weighted by molar-refractivity contribution is 7.91. The van der Waals surface area contributed by atoms with E-state index in [1.807, 2.05) is 13.0 Å². The molecule has 120 valence electrons. The second-order valence-corrected chi connectivity index (χ2v) is 8.29. The summed E-state index contributed by atoms with van der Waals surface area (Å²) in [6.07, 6.45) is 2.19. The van der Waals surface area contributed by atoms with Gasteiger partial charge in [-0.05, 0) is 45.0 Å². The topological polar surface area (TPSA) is 79.4 Å². The Bertz CT molecular complexity index is 668. The van der Waals surface area contributed by atoms with E-state index in [0.29, 0.717) is 5.69 Å². The largest absolute Gasteiger partial charge is 0.345 e. The SMILES string of the molecule is Cc1cccc(C(=O)N[C@@H]2CS(=O)(=O)C[C@H]2N2CCCC2)n1. The van der Waals surface area contributed by atoms with Crippen LogP contribution in [0.2, 0.25) is 0 Å². The molecular formula is C15H21N3O3S. The van der Waals surface area contributed by atoms with Gasteiger partial charge in [-0.1, -0.05) is 6.07 Å². The van der Waals surface area contributed by atoms with Gasteiger partial charge in [0.1, 0.15) is 5.69 Å². The van der Waals surface area contributed by atoms with Gasteiger partial charge >= 0.3 is 0 Å². The van der Waals surface area contributed by atoms with E-state index in [9.17, 15) is 13.2 Å². The maximum atomic E-state index is 12.3. The number of nitrogens with zero attached hydrogens (tertiary/aromatic N) is 2. The molecule has 2 saturated heterocycles. The molecule has 2 aliphatic heterocycles. The minimum absolute atomic E-state index is 0.0196. The molecule has 1 aromatic heterocycles. The van der Waals surface area contributed by atoms with Crippen LogP contribution in [0, 0.1) is 6.92 Å². The lowest BCUT2D eigenvalue weighted by molar-refractivity contribution is 0.0913. The molecule has 1 amide bonds. The van der Waals surface area contributed by atoms with Crippen molar-refractivity contribution >= 4 is 15.7 Å². The minimum atomic E-state index is -3.09. The predicted octanol–water partition coefficient (Wildman–Crippen LogP) is 0.381. The van der Waals surface area contributed by atoms with E-state index in [4.69, 9.17) is 0 Å². The van der Waals surface area contributed by atoms with Crippen LogP contribution < -0.4 is 5.32 Å². The molecule has 22 heavy (non-hydrogen) atoms. The normalized spacial score (nSPS) is 27.9. The Kier molecular flexibility index (Phi) is 4.18. The van der Waals surface area contributed by atoms with Gasteiger partial charge in [0.2, 0.25) is 0 Å². The van der Waals surface area contributed by atoms with E-state index < -0.39 is 9.84 Å². The smallest absolute Gasteiger partial charge is 0.270 e. The first-order valence-electron chi connectivity index (χ1n) is 7.64. The summed E-state index contributed by atoms with van der Waals surface area (Å²) in [7, 11) is -3.09. The highest BCUT2D eigenvalue weighted by Gasteiger charge is 2.42. The van der Waals surface area contributed by atoms with E-state index >= 15 is 0 Å². The number of carbonyl (C=O) groups is 1. The van der Waals surface area contributed by atoms with Crippen molar-refractivity contribution < 1.29 is 13.2 Å². The number of carbonyl (C=O) groups excluding carboxylic acids is 1. The number of hydrogen-bond donors (Lipinski definition) is 1. The zero-order valence-electron chi connectivity index (χ0n) is 12.7. The number of sulfone groups is 1. The molecule has 0 unspecified atom stereocenters. The predicted molar refractivity (Wildman–Crippen MR) is 83.5 cm³/mol. The summed E-state index contributed by atoms with van der Waals surface area (Å²) in [6, 6.07) is 4.79. The Labute approximate surface area is 130 Å². The molecule has 0 spiro atoms. The lowest BCUT2D eigenvalue weighted by Crippen LogP contribution is -2.50. The van der Waals surface area contributed by atoms with Crippen LogP contribution in [0.25, 0.3) is 0 Å². The molecule has 0 bridgehead atoms. The van der Waals surface area contributed by atoms with Crippen LogP contribution in [-0.2, 0) is 9.84 Å². The molecule has 2 atom stereocenters. The van der Waals surface area contributed by atoms with Crippen molar-refractivity contribution in [3.63, 3.8) is 0 Å². The number of nitrogens with one attached hydrogen (secondary N) is 1. The summed E-state index contributed by atoms with van der Waals surface area (Å²) in [5.74, 6) is -0.139. The van der Waals surface area contributed by atoms with Crippen molar-refractivity contribution in [3.8, 4) is 0 Å². The first-order chi connectivity index (χ1) is 10.4. The third-order valence-corrected chi connectivity index (χ3v) is 6.09. The van der Waals surface area contributed by atoms with Crippen molar-refractivity contribution in [2.45, 2.75) is 31.8 Å². The van der Waals surface area contributed by atoms with E-state index in [-0.39, 0.29) is 29.5 Å². The van der Waals surface area contributed by atoms with Crippen molar-refractivity contribution in [2.24, 2.45) is 0 Å². The molecule has 2 aliphatic rings. The number of aryl methyl sites for hydroxylation is 1. The Morgan fingerprint density at radius 1 is 1.27 bits per heavy atom. The van der Waals surface area contributed by atoms with E-state index in [1.165, 1.54) is 0 Å². The van der Waals surface area contributed by atoms with E-state index in [0.717, 1.165) is 31.6 Å². The molecule has 2 fully saturated rings. The van der Waals surface area contributed by atoms with Crippen LogP contribution in [-0.4, -0.2) is 60.9 Å². The summed E-state index contributed by atoms with van der Waals surface area (Å²) in [4.78, 5) is 18.7. The molecule has 1 aromatic rings. The van der Waals surface area contributed by atoms with Crippen molar-refractivity contribution in [3.05, 3.63) is 29.6 Å². The van der Waals surface area contributed by atoms with Crippen LogP contribution in [0.3, 0.4) is 0 Å². The maximum Gasteiger partial charge on any atom is 0.270 e. The molecule has 3 rings (SSSR count). The number of hydrogen-bond acceptors (Lipinski definition) is 5. The van der Waals surface area contributed by atoms with Gasteiger partial charge in [-0.25, -0.2) is 13.4 Å². The van der Waals surface area contributed by atoms with Crippen LogP contribution in [0.5, 0.6) is 0 Å². The summed E-state index contributed by atoms with van der Waals surface area (Å²) in [6.45, 7) is 3.65. The van der Waals surface area contributed by atoms with Crippen LogP contribution in [0.15, 0.2) is 18.2 Å². The fourth-order valence-electron chi connectivity index (χ4n) is 3.31. The summed E-state index contributed by atoms with van der Waals surface area (Å²) < 4.78 is 24.0. The standard InChI is InChI=1S/C15H21N3O3S/c1-11-5-4-6-12(16-11)15(19)17-13-9-22(20,21)10-14(13)18-7-2-3-8-18/h4-6,13-14H,2-3,7-10H2,1H3,(H,17,19)/t13-,14-/m1/s1. The average molecular weight is 323 g/mol. The maximum absolute atomic E-state index is 12.3. The average Bonchev–Trinajstić information content (AvgIpc) is 3.06. The zero-order valence-corrected chi connectivity index (χ0v) is 13.5. The van der Waals surface area contributed by atoms with Gasteiger partial charge in [0.15, 0.2) is 9.84 Å². The lowest BCUT2D eigenvalue weighted by atomic mass is 10.1. The number of amides is 1. The van der Waals surface area contributed by atoms with Gasteiger partial charge in [-0.3, -0.25) is 9.69 Å². The molecule has 1 N–H and O–H groups in total. The quantitative estimate of drug-likeness (QED) is 0.870. The van der Waals surface area contributed by atoms with Gasteiger partial charge < -0.3 is 5.32 Å². The molecule has 0 radical (unpaired) electrons. The Morgan fingerprint density at radius 3 is 2.68 bits per heavy atom. The van der Waals surface area contributed by atoms with E-state index in [2.05, 4.69) is 15.2 Å². The lowest BCUT2D eigenvalue weighted by Gasteiger charge is -2.28. The minimum Gasteiger partial charge on any atom is -0.345 e. The first kappa shape index (κ1) is 15.4. The highest BCUT2D eigenvalue weighted by Crippen LogP contribution is 2.22. The second-order valence-electron chi connectivity index (χ2n) is 6.13. The zero-order chi connectivity index (χ0) is 15.7. The third kappa shape index (κ3) is 3.30. The summed E-state index contributed by atoms with van der Waals surface area (Å²) >= 11 is 0. The second kappa shape index (κ2) is 5.96. The van der Waals surface area contributed by atoms with Gasteiger partial charge in [0.05, 0.1) is 17.5 Å². The van der Waals surface area contributed by atoms with Crippen LogP contribution in [0.4, 0.5) is 0 Å². The van der Waals surface area contributed by atoms with E-state index in [1.54, 1.807) is 12.1 Å². The number of likely N-dealkylation sites (tertiary alicyclic amines) is 1. The first-order valence-corrected chi connectivity index (χ1v) is 9.46. The van der Waals surface area contributed by atoms with Crippen LogP contribution >= 0.6 is 0 Å². The number of pyridine rings is 1. The summed E-state index contributed by atoms with van der Waals surface area (Å²) in [5.41, 5.74) is 1.10. The van der Waals surface area contributed by atoms with Gasteiger partial charge in [-0.2, -0.15) is 0 Å². The van der Waals surface area contributed by atoms with Crippen molar-refractivity contribution in [1.82, 2.24) is 15.2 Å². The molecule has 3 heterocycles. The van der Waals surface area contributed by atoms with Crippen molar-refractivity contribution in [1.29, 1.82) is 0 Å². The number of rotatable bonds is 3. The van der Waals surface area contributed by atoms with Crippen LogP contribution in [0.1, 0.15) is 29.0 Å². The Hall–Kier alpha value is -1.47. The third-order valence-electron chi connectivity index (χ3n) is 4.37. The Balaban J connectivity index is 1.75. The molecule has 0 aliphatic carbocycles. The molecule has 6 nitrogen and oxygen atoms in total. The van der Waals surface area contributed by atoms with Gasteiger partial charge in [-0.15, -0.1) is 0 Å². The molecular weight excluding hydrogens is 302 g/mol. The molecule has 0 saturated carbocycles. The highest BCUT2D eigenvalue weighted by atomic mass is 32.2. The summed E-state index contributed by atoms with van der Waals surface area (Å²) in [5, 5.41) is 2.88. The Morgan fingerprint density at radius 2 is 2.00 bits per heavy atom. The fourth-order valence-corrected chi connectivity index (χ4v) is 5.26. The van der Waals surface area contributed by atoms with Gasteiger partial charge in [0, 0.05) is 11.7 Å². The fraction of sp³-hybridized carbons (Fsp3) is 0.600. The molecule has 7 heteroatoms. The monoisotopic (exact) mass is 323 g/mol. The van der Waals surface area contributed by atoms with Gasteiger partial charge in [0.25, 0.3) is 5.91 Å².